The average molecular weight is 555 g/mol. The number of benzene rings is 2. The molecule has 0 atom stereocenters. The lowest BCUT2D eigenvalue weighted by Crippen LogP contribution is -2.08. The summed E-state index contributed by atoms with van der Waals surface area (Å²) in [5.41, 5.74) is 8.05. The number of H-pyrrole nitrogens is 2. The highest BCUT2D eigenvalue weighted by Crippen LogP contribution is 2.35. The first-order chi connectivity index (χ1) is 19.1. The van der Waals surface area contributed by atoms with Crippen molar-refractivity contribution >= 4 is 37.3 Å². The molecule has 0 unspecified atom stereocenters. The van der Waals surface area contributed by atoms with Crippen molar-refractivity contribution in [2.75, 3.05) is 31.0 Å². The van der Waals surface area contributed by atoms with Gasteiger partial charge >= 0.3 is 0 Å². The monoisotopic (exact) mass is 554 g/mol. The lowest BCUT2D eigenvalue weighted by Gasteiger charge is -2.12. The molecule has 10 heteroatoms. The number of halogens is 1. The Labute approximate surface area is 230 Å². The van der Waals surface area contributed by atoms with Gasteiger partial charge in [0.2, 0.25) is 0 Å². The van der Waals surface area contributed by atoms with Crippen LogP contribution in [0.5, 0.6) is 0 Å². The van der Waals surface area contributed by atoms with Crippen molar-refractivity contribution in [3.05, 3.63) is 84.6 Å². The number of pyridine rings is 2. The first-order valence-electron chi connectivity index (χ1n) is 12.7. The van der Waals surface area contributed by atoms with E-state index in [1.165, 1.54) is 18.4 Å². The molecule has 0 radical (unpaired) electrons. The van der Waals surface area contributed by atoms with Crippen LogP contribution in [0, 0.1) is 5.82 Å². The first-order valence-corrected chi connectivity index (χ1v) is 14.8. The third-order valence-electron chi connectivity index (χ3n) is 6.93. The van der Waals surface area contributed by atoms with E-state index < -0.39 is 15.7 Å². The molecule has 0 bridgehead atoms. The molecule has 0 fully saturated rings. The number of sulfone groups is 1. The number of anilines is 1. The molecule has 6 aromatic rings. The maximum absolute atomic E-state index is 14.6. The van der Waals surface area contributed by atoms with E-state index in [1.54, 1.807) is 18.6 Å². The lowest BCUT2D eigenvalue weighted by atomic mass is 9.98. The molecule has 2 N–H and O–H groups in total. The fraction of sp³-hybridized carbons (Fsp3) is 0.167. The number of rotatable bonds is 7. The van der Waals surface area contributed by atoms with E-state index in [4.69, 9.17) is 0 Å². The van der Waals surface area contributed by atoms with Gasteiger partial charge in [0.1, 0.15) is 21.3 Å². The highest BCUT2D eigenvalue weighted by atomic mass is 32.2. The number of aromatic amines is 2. The lowest BCUT2D eigenvalue weighted by molar-refractivity contribution is 0.600. The van der Waals surface area contributed by atoms with Gasteiger partial charge in [-0.2, -0.15) is 5.10 Å². The van der Waals surface area contributed by atoms with Gasteiger partial charge in [-0.3, -0.25) is 15.1 Å². The van der Waals surface area contributed by atoms with Gasteiger partial charge in [-0.1, -0.05) is 18.2 Å². The van der Waals surface area contributed by atoms with Gasteiger partial charge in [-0.05, 0) is 59.5 Å². The van der Waals surface area contributed by atoms with Gasteiger partial charge < -0.3 is 9.88 Å². The zero-order valence-corrected chi connectivity index (χ0v) is 23.1. The standard InChI is InChI=1S/C30H27FN6O2S/c1-37(2)22-12-20(15-32-16-22)27-14-25-29(17-33-27)35-36-30(25)28-13-24-23(5-4-6-26(24)34-28)19-9-18(10-21(31)11-19)7-8-40(3,38)39/h4-6,9-17,34H,7-8H2,1-3H3,(H,35,36). The van der Waals surface area contributed by atoms with Gasteiger partial charge in [-0.25, -0.2) is 12.8 Å². The fourth-order valence-electron chi connectivity index (χ4n) is 4.88. The average Bonchev–Trinajstić information content (AvgIpc) is 3.55. The summed E-state index contributed by atoms with van der Waals surface area (Å²) in [6.45, 7) is 0. The van der Waals surface area contributed by atoms with E-state index in [1.807, 2.05) is 61.5 Å². The van der Waals surface area contributed by atoms with Gasteiger partial charge in [0.25, 0.3) is 0 Å². The normalized spacial score (nSPS) is 11.9. The van der Waals surface area contributed by atoms with Crippen LogP contribution in [0.2, 0.25) is 0 Å². The van der Waals surface area contributed by atoms with Gasteiger partial charge in [0.15, 0.2) is 0 Å². The number of hydrogen-bond acceptors (Lipinski definition) is 6. The van der Waals surface area contributed by atoms with Crippen LogP contribution in [0.1, 0.15) is 5.56 Å². The third kappa shape index (κ3) is 5.05. The molecule has 8 nitrogen and oxygen atoms in total. The molecule has 0 aliphatic carbocycles. The molecule has 2 aromatic carbocycles. The highest BCUT2D eigenvalue weighted by molar-refractivity contribution is 7.90. The van der Waals surface area contributed by atoms with Crippen LogP contribution in [0.25, 0.3) is 55.6 Å². The molecule has 4 heterocycles. The number of nitrogens with one attached hydrogen (secondary N) is 2. The van der Waals surface area contributed by atoms with E-state index in [-0.39, 0.29) is 12.2 Å². The Bertz CT molecular complexity index is 1990. The summed E-state index contributed by atoms with van der Waals surface area (Å²) in [7, 11) is 0.775. The van der Waals surface area contributed by atoms with Crippen molar-refractivity contribution in [2.24, 2.45) is 0 Å². The van der Waals surface area contributed by atoms with E-state index in [9.17, 15) is 12.8 Å². The van der Waals surface area contributed by atoms with E-state index in [0.29, 0.717) is 11.1 Å². The van der Waals surface area contributed by atoms with Crippen molar-refractivity contribution in [3.8, 4) is 33.8 Å². The summed E-state index contributed by atoms with van der Waals surface area (Å²) in [6, 6.07) is 16.6. The Morgan fingerprint density at radius 3 is 2.58 bits per heavy atom. The summed E-state index contributed by atoms with van der Waals surface area (Å²) in [6.07, 6.45) is 6.80. The van der Waals surface area contributed by atoms with Crippen LogP contribution in [-0.4, -0.2) is 59.7 Å². The smallest absolute Gasteiger partial charge is 0.147 e. The minimum Gasteiger partial charge on any atom is -0.376 e. The maximum Gasteiger partial charge on any atom is 0.147 e. The molecule has 0 saturated heterocycles. The Kier molecular flexibility index (Phi) is 6.34. The van der Waals surface area contributed by atoms with Crippen LogP contribution in [0.15, 0.2) is 73.2 Å². The zero-order valence-electron chi connectivity index (χ0n) is 22.2. The van der Waals surface area contributed by atoms with Gasteiger partial charge in [0, 0.05) is 48.4 Å². The fourth-order valence-corrected chi connectivity index (χ4v) is 5.49. The quantitative estimate of drug-likeness (QED) is 0.265. The Hall–Kier alpha value is -4.57. The molecule has 4 aromatic heterocycles. The van der Waals surface area contributed by atoms with Crippen LogP contribution in [0.4, 0.5) is 10.1 Å². The summed E-state index contributed by atoms with van der Waals surface area (Å²) < 4.78 is 37.9. The summed E-state index contributed by atoms with van der Waals surface area (Å²) in [4.78, 5) is 14.4. The van der Waals surface area contributed by atoms with E-state index in [2.05, 4.69) is 25.1 Å². The second-order valence-electron chi connectivity index (χ2n) is 10.2. The zero-order chi connectivity index (χ0) is 28.0. The number of aryl methyl sites for hydroxylation is 1. The Morgan fingerprint density at radius 2 is 1.77 bits per heavy atom. The summed E-state index contributed by atoms with van der Waals surface area (Å²) in [5, 5.41) is 9.47. The Balaban J connectivity index is 1.42. The summed E-state index contributed by atoms with van der Waals surface area (Å²) in [5.74, 6) is -0.438. The molecule has 0 spiro atoms. The van der Waals surface area contributed by atoms with Gasteiger partial charge in [0.05, 0.1) is 40.7 Å². The predicted molar refractivity (Wildman–Crippen MR) is 158 cm³/mol. The van der Waals surface area contributed by atoms with Crippen molar-refractivity contribution in [1.82, 2.24) is 25.1 Å². The predicted octanol–water partition coefficient (Wildman–Crippen LogP) is 5.63. The minimum atomic E-state index is -3.16. The molecule has 0 aliphatic heterocycles. The first kappa shape index (κ1) is 25.7. The second-order valence-corrected chi connectivity index (χ2v) is 12.5. The van der Waals surface area contributed by atoms with Gasteiger partial charge in [-0.15, -0.1) is 0 Å². The van der Waals surface area contributed by atoms with Crippen molar-refractivity contribution in [3.63, 3.8) is 0 Å². The van der Waals surface area contributed by atoms with Crippen LogP contribution in [-0.2, 0) is 16.3 Å². The highest BCUT2D eigenvalue weighted by Gasteiger charge is 2.16. The maximum atomic E-state index is 14.6. The second kappa shape index (κ2) is 9.87. The van der Waals surface area contributed by atoms with Crippen molar-refractivity contribution in [2.45, 2.75) is 6.42 Å². The molecular formula is C30H27FN6O2S. The SMILES string of the molecule is CN(C)c1cncc(-c2cc3c(-c4cc5c(-c6cc(F)cc(CCS(C)(=O)=O)c6)cccc5[nH]4)n[nH]c3cn2)c1. The van der Waals surface area contributed by atoms with Crippen molar-refractivity contribution < 1.29 is 12.8 Å². The van der Waals surface area contributed by atoms with E-state index in [0.717, 1.165) is 55.7 Å². The molecular weight excluding hydrogens is 527 g/mol. The molecule has 40 heavy (non-hydrogen) atoms. The Morgan fingerprint density at radius 1 is 0.925 bits per heavy atom. The number of nitrogens with zero attached hydrogens (tertiary/aromatic N) is 4. The summed E-state index contributed by atoms with van der Waals surface area (Å²) >= 11 is 0. The number of hydrogen-bond donors (Lipinski definition) is 2. The van der Waals surface area contributed by atoms with Crippen LogP contribution < -0.4 is 4.90 Å². The minimum absolute atomic E-state index is 0.0347. The van der Waals surface area contributed by atoms with Crippen molar-refractivity contribution in [1.29, 1.82) is 0 Å². The molecule has 6 rings (SSSR count). The van der Waals surface area contributed by atoms with E-state index >= 15 is 0 Å². The molecule has 0 aliphatic rings. The van der Waals surface area contributed by atoms with Crippen LogP contribution >= 0.6 is 0 Å². The largest absolute Gasteiger partial charge is 0.376 e. The topological polar surface area (TPSA) is 108 Å². The molecule has 0 saturated carbocycles. The third-order valence-corrected chi connectivity index (χ3v) is 7.88. The number of aromatic nitrogens is 5. The molecule has 202 valence electrons. The van der Waals surface area contributed by atoms with Crippen LogP contribution in [0.3, 0.4) is 0 Å². The number of fused-ring (bicyclic) bond motifs is 2. The molecule has 0 amide bonds.